The molecular weight excluding hydrogens is 364 g/mol. The van der Waals surface area contributed by atoms with Crippen LogP contribution in [0.5, 0.6) is 0 Å². The lowest BCUT2D eigenvalue weighted by Crippen LogP contribution is -2.13. The van der Waals surface area contributed by atoms with E-state index in [1.54, 1.807) is 0 Å². The lowest BCUT2D eigenvalue weighted by Gasteiger charge is -2.21. The molecular formula is C29H26O. The number of hydrogen-bond acceptors (Lipinski definition) is 1. The summed E-state index contributed by atoms with van der Waals surface area (Å²) in [5, 5.41) is 2.38. The molecule has 0 aliphatic rings. The highest BCUT2D eigenvalue weighted by Crippen LogP contribution is 2.41. The molecule has 0 aliphatic heterocycles. The first-order chi connectivity index (χ1) is 14.4. The molecule has 1 nitrogen and oxygen atoms in total. The van der Waals surface area contributed by atoms with Crippen molar-refractivity contribution in [3.8, 4) is 22.3 Å². The third kappa shape index (κ3) is 3.02. The molecule has 0 N–H and O–H groups in total. The minimum Gasteiger partial charge on any atom is -0.455 e. The van der Waals surface area contributed by atoms with Crippen molar-refractivity contribution >= 4 is 21.9 Å². The normalized spacial score (nSPS) is 12.0. The summed E-state index contributed by atoms with van der Waals surface area (Å²) < 4.78 is 6.59. The molecule has 148 valence electrons. The van der Waals surface area contributed by atoms with Gasteiger partial charge in [0.05, 0.1) is 0 Å². The fraction of sp³-hybridized carbons (Fsp3) is 0.172. The summed E-state index contributed by atoms with van der Waals surface area (Å²) >= 11 is 0. The Morgan fingerprint density at radius 1 is 0.567 bits per heavy atom. The van der Waals surface area contributed by atoms with Gasteiger partial charge in [0.2, 0.25) is 0 Å². The van der Waals surface area contributed by atoms with Crippen LogP contribution in [0.15, 0.2) is 89.3 Å². The van der Waals surface area contributed by atoms with Gasteiger partial charge in [-0.25, -0.2) is 0 Å². The zero-order valence-corrected chi connectivity index (χ0v) is 18.0. The van der Waals surface area contributed by atoms with E-state index in [0.29, 0.717) is 0 Å². The van der Waals surface area contributed by atoms with Crippen molar-refractivity contribution in [1.29, 1.82) is 0 Å². The first-order valence-corrected chi connectivity index (χ1v) is 10.5. The van der Waals surface area contributed by atoms with E-state index in [1.807, 2.05) is 6.07 Å². The topological polar surface area (TPSA) is 13.1 Å². The van der Waals surface area contributed by atoms with Gasteiger partial charge in [-0.05, 0) is 34.6 Å². The van der Waals surface area contributed by atoms with Crippen LogP contribution in [-0.2, 0) is 5.41 Å². The Kier molecular flexibility index (Phi) is 4.29. The van der Waals surface area contributed by atoms with Gasteiger partial charge in [0, 0.05) is 21.9 Å². The van der Waals surface area contributed by atoms with Crippen LogP contribution in [0.25, 0.3) is 44.2 Å². The molecule has 0 saturated heterocycles. The zero-order chi connectivity index (χ0) is 20.9. The van der Waals surface area contributed by atoms with Crippen LogP contribution in [0.4, 0.5) is 0 Å². The van der Waals surface area contributed by atoms with Crippen LogP contribution >= 0.6 is 0 Å². The van der Waals surface area contributed by atoms with E-state index in [9.17, 15) is 0 Å². The van der Waals surface area contributed by atoms with E-state index in [-0.39, 0.29) is 5.41 Å². The number of benzene rings is 4. The van der Waals surface area contributed by atoms with Gasteiger partial charge in [-0.2, -0.15) is 0 Å². The second kappa shape index (κ2) is 6.88. The summed E-state index contributed by atoms with van der Waals surface area (Å²) in [6.07, 6.45) is 0. The summed E-state index contributed by atoms with van der Waals surface area (Å²) in [6.45, 7) is 8.94. The molecule has 0 atom stereocenters. The molecule has 0 unspecified atom stereocenters. The predicted molar refractivity (Wildman–Crippen MR) is 128 cm³/mol. The van der Waals surface area contributed by atoms with Crippen molar-refractivity contribution < 1.29 is 4.42 Å². The number of hydrogen-bond donors (Lipinski definition) is 0. The molecule has 0 spiro atoms. The van der Waals surface area contributed by atoms with E-state index in [4.69, 9.17) is 4.42 Å². The second-order valence-electron chi connectivity index (χ2n) is 9.11. The molecule has 5 rings (SSSR count). The average molecular weight is 391 g/mol. The number of para-hydroxylation sites is 1. The molecule has 1 heteroatoms. The SMILES string of the molecule is Cc1ccc2c(oc3c(-c4ccc(-c5ccccc5)cc4)cccc32)c1C(C)(C)C. The third-order valence-corrected chi connectivity index (χ3v) is 5.93. The van der Waals surface area contributed by atoms with Crippen LogP contribution in [0.1, 0.15) is 31.9 Å². The molecule has 4 aromatic carbocycles. The Labute approximate surface area is 178 Å². The molecule has 30 heavy (non-hydrogen) atoms. The van der Waals surface area contributed by atoms with Gasteiger partial charge in [-0.3, -0.25) is 0 Å². The van der Waals surface area contributed by atoms with Crippen LogP contribution in [0.2, 0.25) is 0 Å². The maximum absolute atomic E-state index is 6.59. The van der Waals surface area contributed by atoms with E-state index in [2.05, 4.69) is 107 Å². The Morgan fingerprint density at radius 3 is 1.90 bits per heavy atom. The quantitative estimate of drug-likeness (QED) is 0.294. The number of aryl methyl sites for hydroxylation is 1. The van der Waals surface area contributed by atoms with Crippen LogP contribution in [-0.4, -0.2) is 0 Å². The zero-order valence-electron chi connectivity index (χ0n) is 18.0. The van der Waals surface area contributed by atoms with Crippen molar-refractivity contribution in [1.82, 2.24) is 0 Å². The summed E-state index contributed by atoms with van der Waals surface area (Å²) in [5.41, 5.74) is 9.35. The maximum Gasteiger partial charge on any atom is 0.143 e. The monoisotopic (exact) mass is 390 g/mol. The molecule has 0 aliphatic carbocycles. The van der Waals surface area contributed by atoms with Gasteiger partial charge >= 0.3 is 0 Å². The highest BCUT2D eigenvalue weighted by atomic mass is 16.3. The van der Waals surface area contributed by atoms with Gasteiger partial charge in [-0.15, -0.1) is 0 Å². The molecule has 0 amide bonds. The fourth-order valence-electron chi connectivity index (χ4n) is 4.59. The van der Waals surface area contributed by atoms with Crippen molar-refractivity contribution in [3.05, 3.63) is 96.1 Å². The average Bonchev–Trinajstić information content (AvgIpc) is 3.11. The molecule has 0 bridgehead atoms. The lowest BCUT2D eigenvalue weighted by atomic mass is 9.83. The van der Waals surface area contributed by atoms with Gasteiger partial charge in [0.15, 0.2) is 0 Å². The minimum atomic E-state index is 0.0228. The van der Waals surface area contributed by atoms with Crippen LogP contribution < -0.4 is 0 Å². The lowest BCUT2D eigenvalue weighted by molar-refractivity contribution is 0.569. The summed E-state index contributed by atoms with van der Waals surface area (Å²) in [5.74, 6) is 0. The molecule has 1 heterocycles. The standard InChI is InChI=1S/C29H26O/c1-19-13-18-25-24-12-8-11-23(27(24)30-28(25)26(19)29(2,3)4)22-16-14-21(15-17-22)20-9-6-5-7-10-20/h5-18H,1-4H3. The highest BCUT2D eigenvalue weighted by molar-refractivity contribution is 6.10. The Hall–Kier alpha value is -3.32. The van der Waals surface area contributed by atoms with E-state index in [1.165, 1.54) is 38.6 Å². The molecule has 5 aromatic rings. The molecule has 0 fully saturated rings. The smallest absolute Gasteiger partial charge is 0.143 e. The van der Waals surface area contributed by atoms with Gasteiger partial charge in [0.1, 0.15) is 11.2 Å². The van der Waals surface area contributed by atoms with E-state index < -0.39 is 0 Å². The minimum absolute atomic E-state index is 0.0228. The predicted octanol–water partition coefficient (Wildman–Crippen LogP) is 8.53. The van der Waals surface area contributed by atoms with Gasteiger partial charge in [-0.1, -0.05) is 106 Å². The maximum atomic E-state index is 6.59. The fourth-order valence-corrected chi connectivity index (χ4v) is 4.59. The number of fused-ring (bicyclic) bond motifs is 3. The van der Waals surface area contributed by atoms with Gasteiger partial charge < -0.3 is 4.42 Å². The first-order valence-electron chi connectivity index (χ1n) is 10.5. The molecule has 0 radical (unpaired) electrons. The third-order valence-electron chi connectivity index (χ3n) is 5.93. The first kappa shape index (κ1) is 18.7. The van der Waals surface area contributed by atoms with Gasteiger partial charge in [0.25, 0.3) is 0 Å². The van der Waals surface area contributed by atoms with Crippen LogP contribution in [0, 0.1) is 6.92 Å². The number of furan rings is 1. The number of rotatable bonds is 2. The van der Waals surface area contributed by atoms with Crippen molar-refractivity contribution in [2.75, 3.05) is 0 Å². The van der Waals surface area contributed by atoms with Crippen LogP contribution in [0.3, 0.4) is 0 Å². The van der Waals surface area contributed by atoms with E-state index in [0.717, 1.165) is 16.7 Å². The second-order valence-corrected chi connectivity index (χ2v) is 9.11. The van der Waals surface area contributed by atoms with Crippen molar-refractivity contribution in [3.63, 3.8) is 0 Å². The van der Waals surface area contributed by atoms with Crippen molar-refractivity contribution in [2.45, 2.75) is 33.1 Å². The Bertz CT molecular complexity index is 1350. The summed E-state index contributed by atoms with van der Waals surface area (Å²) in [7, 11) is 0. The molecule has 1 aromatic heterocycles. The summed E-state index contributed by atoms with van der Waals surface area (Å²) in [4.78, 5) is 0. The van der Waals surface area contributed by atoms with Crippen molar-refractivity contribution in [2.24, 2.45) is 0 Å². The van der Waals surface area contributed by atoms with E-state index >= 15 is 0 Å². The molecule has 0 saturated carbocycles. The summed E-state index contributed by atoms with van der Waals surface area (Å²) in [6, 6.07) is 30.1. The Morgan fingerprint density at radius 2 is 1.20 bits per heavy atom. The highest BCUT2D eigenvalue weighted by Gasteiger charge is 2.23. The largest absolute Gasteiger partial charge is 0.455 e. The Balaban J connectivity index is 1.70.